The maximum absolute atomic E-state index is 14.4. The first-order valence-electron chi connectivity index (χ1n) is 16.5. The number of benzene rings is 2. The van der Waals surface area contributed by atoms with E-state index >= 15 is 0 Å². The van der Waals surface area contributed by atoms with Gasteiger partial charge in [-0.3, -0.25) is 14.4 Å². The molecule has 3 aliphatic rings. The average molecular weight is 641 g/mol. The van der Waals surface area contributed by atoms with Gasteiger partial charge in [0.05, 0.1) is 5.56 Å². The zero-order valence-corrected chi connectivity index (χ0v) is 28.9. The van der Waals surface area contributed by atoms with Gasteiger partial charge >= 0.3 is 0 Å². The van der Waals surface area contributed by atoms with Crippen LogP contribution >= 0.6 is 0 Å². The van der Waals surface area contributed by atoms with E-state index in [2.05, 4.69) is 27.4 Å². The molecule has 1 unspecified atom stereocenters. The number of Topliss-reactive ketones (excluding diaryl/α,β-unsaturated/α-hetero) is 3. The first-order chi connectivity index (χ1) is 21.7. The maximum Gasteiger partial charge on any atom is 0.209 e. The normalized spacial score (nSPS) is 27.5. The molecule has 0 saturated heterocycles. The zero-order chi connectivity index (χ0) is 35.0. The highest BCUT2D eigenvalue weighted by molar-refractivity contribution is 6.25. The van der Waals surface area contributed by atoms with Crippen LogP contribution in [0.4, 0.5) is 0 Å². The summed E-state index contributed by atoms with van der Waals surface area (Å²) in [6.45, 7) is 19.1. The molecule has 7 nitrogen and oxygen atoms in total. The third kappa shape index (κ3) is 5.27. The van der Waals surface area contributed by atoms with Crippen LogP contribution in [-0.4, -0.2) is 43.4 Å². The number of aliphatic hydroxyl groups excluding tert-OH is 2. The minimum atomic E-state index is -2.63. The summed E-state index contributed by atoms with van der Waals surface area (Å²) >= 11 is 0. The van der Waals surface area contributed by atoms with Gasteiger partial charge in [0.2, 0.25) is 5.78 Å². The number of ketones is 3. The fraction of sp³-hybridized carbons (Fsp3) is 0.475. The van der Waals surface area contributed by atoms with Gasteiger partial charge in [-0.2, -0.15) is 0 Å². The predicted molar refractivity (Wildman–Crippen MR) is 182 cm³/mol. The molecule has 0 heterocycles. The van der Waals surface area contributed by atoms with E-state index in [1.807, 2.05) is 45.0 Å². The second kappa shape index (κ2) is 11.3. The predicted octanol–water partition coefficient (Wildman–Crippen LogP) is 7.94. The van der Waals surface area contributed by atoms with Gasteiger partial charge in [0, 0.05) is 22.3 Å². The molecular weight excluding hydrogens is 592 g/mol. The first-order valence-corrected chi connectivity index (χ1v) is 16.5. The molecule has 0 amide bonds. The summed E-state index contributed by atoms with van der Waals surface area (Å²) in [5.74, 6) is -5.20. The second-order valence-corrected chi connectivity index (χ2v) is 16.1. The third-order valence-electron chi connectivity index (χ3n) is 10.8. The Labute approximate surface area is 277 Å². The van der Waals surface area contributed by atoms with Crippen molar-refractivity contribution in [3.8, 4) is 16.9 Å². The summed E-state index contributed by atoms with van der Waals surface area (Å²) in [6.07, 6.45) is 3.03. The second-order valence-electron chi connectivity index (χ2n) is 16.1. The molecule has 0 saturated carbocycles. The smallest absolute Gasteiger partial charge is 0.209 e. The van der Waals surface area contributed by atoms with Gasteiger partial charge in [-0.25, -0.2) is 0 Å². The summed E-state index contributed by atoms with van der Waals surface area (Å²) in [7, 11) is 0. The molecule has 4 N–H and O–H groups in total. The number of aliphatic hydroxyl groups is 3. The summed E-state index contributed by atoms with van der Waals surface area (Å²) < 4.78 is 0. The van der Waals surface area contributed by atoms with Crippen LogP contribution in [-0.2, 0) is 22.4 Å². The number of allylic oxidation sites excluding steroid dienone is 3. The number of rotatable bonds is 7. The van der Waals surface area contributed by atoms with Crippen molar-refractivity contribution in [2.24, 2.45) is 28.1 Å². The van der Waals surface area contributed by atoms with E-state index in [9.17, 15) is 34.8 Å². The lowest BCUT2D eigenvalue weighted by Gasteiger charge is -2.59. The number of fused-ring (bicyclic) bond motifs is 3. The molecule has 0 spiro atoms. The Kier molecular flexibility index (Phi) is 8.28. The van der Waals surface area contributed by atoms with Crippen LogP contribution in [0.15, 0.2) is 71.2 Å². The Bertz CT molecular complexity index is 1770. The van der Waals surface area contributed by atoms with Crippen LogP contribution in [0.5, 0.6) is 5.75 Å². The van der Waals surface area contributed by atoms with Crippen LogP contribution < -0.4 is 0 Å². The standard InChI is InChI=1S/C40H48O7/c1-21(2)31-33(43)29(23(4)41)35(45)40(47)36(46)32-34(44)30-27(19-38(32,8)20-39(31,40)9)26(14-15-28(30)42)25-12-10-24(11-13-25)18-22(3)16-17-37(5,6)7/h10-15,21,31,42-43,46-47H,3,16-20H2,1-2,4-9H3/t31?,38-,39-,40+/m1/s1. The fourth-order valence-corrected chi connectivity index (χ4v) is 8.73. The van der Waals surface area contributed by atoms with Crippen LogP contribution in [0, 0.1) is 28.1 Å². The molecule has 3 aliphatic carbocycles. The first kappa shape index (κ1) is 34.4. The van der Waals surface area contributed by atoms with Gasteiger partial charge in [-0.15, -0.1) is 0 Å². The van der Waals surface area contributed by atoms with Gasteiger partial charge in [0.1, 0.15) is 22.8 Å². The van der Waals surface area contributed by atoms with Gasteiger partial charge < -0.3 is 20.4 Å². The van der Waals surface area contributed by atoms with Gasteiger partial charge in [-0.05, 0) is 78.7 Å². The number of carbonyl (C=O) groups excluding carboxylic acids is 3. The average Bonchev–Trinajstić information content (AvgIpc) is 2.94. The van der Waals surface area contributed by atoms with E-state index in [-0.39, 0.29) is 41.1 Å². The SMILES string of the molecule is C=C(CCC(C)(C)C)Cc1ccc(-c2ccc(O)c3c2C[C@]2(C)C[C@]4(C)C(C(C)C)C(O)=C(C(C)=O)C(=O)[C@]4(O)C(O)=C2C3=O)cc1. The van der Waals surface area contributed by atoms with Crippen LogP contribution in [0.2, 0.25) is 0 Å². The molecule has 2 aromatic rings. The largest absolute Gasteiger partial charge is 0.511 e. The van der Waals surface area contributed by atoms with Gasteiger partial charge in [-0.1, -0.05) is 91.0 Å². The number of phenols is 1. The Morgan fingerprint density at radius 3 is 2.19 bits per heavy atom. The Morgan fingerprint density at radius 2 is 1.64 bits per heavy atom. The molecule has 0 fully saturated rings. The zero-order valence-electron chi connectivity index (χ0n) is 28.9. The molecular formula is C40H48O7. The highest BCUT2D eigenvalue weighted by atomic mass is 16.3. The van der Waals surface area contributed by atoms with E-state index < -0.39 is 56.8 Å². The molecule has 7 heteroatoms. The molecule has 0 bridgehead atoms. The van der Waals surface area contributed by atoms with Gasteiger partial charge in [0.25, 0.3) is 0 Å². The van der Waals surface area contributed by atoms with Crippen molar-refractivity contribution in [1.29, 1.82) is 0 Å². The van der Waals surface area contributed by atoms with Crippen LogP contribution in [0.25, 0.3) is 11.1 Å². The number of phenolic OH excluding ortho intramolecular Hbond substituents is 1. The highest BCUT2D eigenvalue weighted by Crippen LogP contribution is 2.65. The molecule has 2 aromatic carbocycles. The lowest BCUT2D eigenvalue weighted by molar-refractivity contribution is -0.171. The fourth-order valence-electron chi connectivity index (χ4n) is 8.73. The quantitative estimate of drug-likeness (QED) is 0.178. The summed E-state index contributed by atoms with van der Waals surface area (Å²) in [6, 6.07) is 11.3. The van der Waals surface area contributed by atoms with Crippen molar-refractivity contribution < 1.29 is 34.8 Å². The highest BCUT2D eigenvalue weighted by Gasteiger charge is 2.71. The summed E-state index contributed by atoms with van der Waals surface area (Å²) in [5.41, 5.74) is -1.12. The summed E-state index contributed by atoms with van der Waals surface area (Å²) in [4.78, 5) is 40.8. The van der Waals surface area contributed by atoms with E-state index in [0.717, 1.165) is 48.4 Å². The Balaban J connectivity index is 1.61. The lowest BCUT2D eigenvalue weighted by Crippen LogP contribution is -2.67. The molecule has 0 aliphatic heterocycles. The summed E-state index contributed by atoms with van der Waals surface area (Å²) in [5, 5.41) is 46.5. The lowest BCUT2D eigenvalue weighted by atomic mass is 9.44. The molecule has 250 valence electrons. The van der Waals surface area contributed by atoms with E-state index in [1.54, 1.807) is 13.0 Å². The van der Waals surface area contributed by atoms with Crippen molar-refractivity contribution >= 4 is 17.3 Å². The molecule has 47 heavy (non-hydrogen) atoms. The molecule has 0 radical (unpaired) electrons. The van der Waals surface area contributed by atoms with E-state index in [4.69, 9.17) is 0 Å². The molecule has 5 rings (SSSR count). The Hall–Kier alpha value is -3.97. The minimum Gasteiger partial charge on any atom is -0.511 e. The number of carbonyl (C=O) groups is 3. The topological polar surface area (TPSA) is 132 Å². The van der Waals surface area contributed by atoms with Crippen LogP contribution in [0.3, 0.4) is 0 Å². The Morgan fingerprint density at radius 1 is 1.02 bits per heavy atom. The van der Waals surface area contributed by atoms with Crippen LogP contribution in [0.1, 0.15) is 96.1 Å². The van der Waals surface area contributed by atoms with Crippen molar-refractivity contribution in [3.05, 3.63) is 87.9 Å². The molecule has 4 atom stereocenters. The van der Waals surface area contributed by atoms with E-state index in [0.29, 0.717) is 5.56 Å². The minimum absolute atomic E-state index is 0.0159. The van der Waals surface area contributed by atoms with Gasteiger partial charge in [0.15, 0.2) is 17.2 Å². The number of hydrogen-bond donors (Lipinski definition) is 4. The van der Waals surface area contributed by atoms with Crippen molar-refractivity contribution in [2.45, 2.75) is 93.1 Å². The van der Waals surface area contributed by atoms with Crippen molar-refractivity contribution in [2.75, 3.05) is 0 Å². The van der Waals surface area contributed by atoms with Crippen molar-refractivity contribution in [1.82, 2.24) is 0 Å². The monoisotopic (exact) mass is 640 g/mol. The van der Waals surface area contributed by atoms with Crippen molar-refractivity contribution in [3.63, 3.8) is 0 Å². The third-order valence-corrected chi connectivity index (χ3v) is 10.8. The maximum atomic E-state index is 14.4. The number of hydrogen-bond acceptors (Lipinski definition) is 7. The van der Waals surface area contributed by atoms with E-state index in [1.165, 1.54) is 6.07 Å². The number of aromatic hydroxyl groups is 1. The molecule has 0 aromatic heterocycles.